The first kappa shape index (κ1) is 27.8. The Morgan fingerprint density at radius 2 is 0.800 bits per heavy atom. The Bertz CT molecular complexity index is 2400. The van der Waals surface area contributed by atoms with Gasteiger partial charge < -0.3 is 15.0 Å². The molecule has 0 amide bonds. The number of aromatic nitrogens is 8. The van der Waals surface area contributed by atoms with E-state index >= 15 is 0 Å². The molecule has 0 saturated carbocycles. The van der Waals surface area contributed by atoms with E-state index in [1.165, 1.54) is 12.7 Å². The van der Waals surface area contributed by atoms with Crippen molar-refractivity contribution in [2.45, 2.75) is 0 Å². The van der Waals surface area contributed by atoms with Crippen LogP contribution in [0.1, 0.15) is 11.4 Å². The molecular formula is C33H18Cl4N8. The molecule has 8 rings (SSSR count). The Kier molecular flexibility index (Phi) is 6.80. The highest BCUT2D eigenvalue weighted by molar-refractivity contribution is 6.39. The van der Waals surface area contributed by atoms with E-state index in [9.17, 15) is 0 Å². The van der Waals surface area contributed by atoms with Crippen molar-refractivity contribution in [1.29, 1.82) is 0 Å². The third-order valence-electron chi connectivity index (χ3n) is 7.65. The number of aromatic amines is 3. The van der Waals surface area contributed by atoms with E-state index in [0.717, 1.165) is 49.9 Å². The molecule has 0 aliphatic carbocycles. The molecule has 1 aliphatic rings. The second kappa shape index (κ2) is 11.0. The first-order valence-electron chi connectivity index (χ1n) is 13.7. The van der Waals surface area contributed by atoms with Gasteiger partial charge in [-0.15, -0.1) is 0 Å². The van der Waals surface area contributed by atoms with Crippen molar-refractivity contribution < 1.29 is 0 Å². The molecule has 0 unspecified atom stereocenters. The van der Waals surface area contributed by atoms with E-state index < -0.39 is 0 Å². The first-order chi connectivity index (χ1) is 22.0. The minimum atomic E-state index is 0.213. The van der Waals surface area contributed by atoms with E-state index in [1.54, 1.807) is 0 Å². The number of hydrogen-bond acceptors (Lipinski definition) is 5. The van der Waals surface area contributed by atoms with E-state index in [4.69, 9.17) is 51.4 Å². The quantitative estimate of drug-likeness (QED) is 0.162. The molecule has 1 aliphatic heterocycles. The molecule has 45 heavy (non-hydrogen) atoms. The Morgan fingerprint density at radius 1 is 0.400 bits per heavy atom. The van der Waals surface area contributed by atoms with Crippen LogP contribution in [0.15, 0.2) is 79.4 Å². The lowest BCUT2D eigenvalue weighted by Gasteiger charge is -2.07. The molecule has 8 bridgehead atoms. The van der Waals surface area contributed by atoms with Gasteiger partial charge in [0.1, 0.15) is 33.3 Å². The van der Waals surface area contributed by atoms with Gasteiger partial charge in [0.15, 0.2) is 0 Å². The molecule has 0 radical (unpaired) electrons. The molecule has 8 nitrogen and oxygen atoms in total. The molecule has 218 valence electrons. The van der Waals surface area contributed by atoms with Gasteiger partial charge in [0.25, 0.3) is 0 Å². The third-order valence-corrected chi connectivity index (χ3v) is 8.80. The van der Waals surface area contributed by atoms with Crippen LogP contribution in [0.5, 0.6) is 0 Å². The van der Waals surface area contributed by atoms with Gasteiger partial charge in [-0.2, -0.15) is 0 Å². The summed E-state index contributed by atoms with van der Waals surface area (Å²) in [5, 5.41) is 0.880. The van der Waals surface area contributed by atoms with Crippen LogP contribution in [0.2, 0.25) is 20.6 Å². The minimum absolute atomic E-state index is 0.213. The zero-order chi connectivity index (χ0) is 30.7. The Balaban J connectivity index is 1.60. The Hall–Kier alpha value is -4.73. The molecular weight excluding hydrogens is 650 g/mol. The Labute approximate surface area is 275 Å². The predicted octanol–water partition coefficient (Wildman–Crippen LogP) is 9.89. The standard InChI is InChI=1S/C33H18Cl4N8/c34-30-28(31(35)39-14-38-30)26-21-8-6-17(42-21)18-7-9-22(43-18)27(29-32(36)40-15-41-33(29)37)24-13-11-20(45-24)25(16-4-2-1-3-5-16)19-10-12-23(26)44-19/h1-15,42-44H. The molecule has 0 atom stereocenters. The number of H-pyrrole nitrogens is 3. The van der Waals surface area contributed by atoms with Crippen molar-refractivity contribution in [1.82, 2.24) is 39.9 Å². The van der Waals surface area contributed by atoms with Crippen LogP contribution >= 0.6 is 46.4 Å². The van der Waals surface area contributed by atoms with Gasteiger partial charge in [0.05, 0.1) is 33.5 Å². The first-order valence-corrected chi connectivity index (χ1v) is 15.2. The molecule has 3 N–H and O–H groups in total. The lowest BCUT2D eigenvalue weighted by atomic mass is 10.0. The fraction of sp³-hybridized carbons (Fsp3) is 0. The van der Waals surface area contributed by atoms with Gasteiger partial charge in [-0.05, 0) is 54.1 Å². The van der Waals surface area contributed by atoms with Crippen LogP contribution in [0, 0.1) is 0 Å². The summed E-state index contributed by atoms with van der Waals surface area (Å²) in [5.74, 6) is 0. The summed E-state index contributed by atoms with van der Waals surface area (Å²) in [6.45, 7) is 0. The smallest absolute Gasteiger partial charge is 0.141 e. The largest absolute Gasteiger partial charge is 0.354 e. The zero-order valence-electron chi connectivity index (χ0n) is 22.9. The average molecular weight is 668 g/mol. The summed E-state index contributed by atoms with van der Waals surface area (Å²) in [6, 6.07) is 21.9. The third kappa shape index (κ3) is 4.74. The van der Waals surface area contributed by atoms with Gasteiger partial charge >= 0.3 is 0 Å². The highest BCUT2D eigenvalue weighted by atomic mass is 35.5. The van der Waals surface area contributed by atoms with Crippen molar-refractivity contribution in [2.24, 2.45) is 0 Å². The van der Waals surface area contributed by atoms with E-state index in [0.29, 0.717) is 27.9 Å². The van der Waals surface area contributed by atoms with E-state index in [2.05, 4.69) is 34.9 Å². The normalized spacial score (nSPS) is 11.9. The van der Waals surface area contributed by atoms with Crippen LogP contribution < -0.4 is 0 Å². The van der Waals surface area contributed by atoms with Crippen molar-refractivity contribution >= 4 is 91.7 Å². The van der Waals surface area contributed by atoms with Gasteiger partial charge in [0, 0.05) is 38.8 Å². The topological polar surface area (TPSA) is 112 Å². The van der Waals surface area contributed by atoms with Crippen molar-refractivity contribution in [3.05, 3.63) is 111 Å². The SMILES string of the molecule is Clc1ncnc(Cl)c1-c1c2nc(c(-c3ccccc3)c3ccc([nH]3)c(-c3c(Cl)ncnc3Cl)c3ccc([nH]3)c3ccc1[nH]3)C=C2. The molecule has 7 heterocycles. The van der Waals surface area contributed by atoms with Gasteiger partial charge in [-0.25, -0.2) is 24.9 Å². The molecule has 12 heteroatoms. The van der Waals surface area contributed by atoms with Gasteiger partial charge in [-0.3, -0.25) is 0 Å². The number of rotatable bonds is 3. The summed E-state index contributed by atoms with van der Waals surface area (Å²) in [6.07, 6.45) is 6.58. The number of nitrogens with one attached hydrogen (secondary N) is 3. The van der Waals surface area contributed by atoms with Crippen LogP contribution in [-0.2, 0) is 0 Å². The lowest BCUT2D eigenvalue weighted by Crippen LogP contribution is -1.92. The average Bonchev–Trinajstić information content (AvgIpc) is 3.86. The summed E-state index contributed by atoms with van der Waals surface area (Å²) in [4.78, 5) is 32.7. The van der Waals surface area contributed by atoms with Crippen LogP contribution in [-0.4, -0.2) is 39.9 Å². The van der Waals surface area contributed by atoms with E-state index in [1.807, 2.05) is 78.9 Å². The number of fused-ring (bicyclic) bond motifs is 9. The number of nitrogens with zero attached hydrogens (tertiary/aromatic N) is 5. The Morgan fingerprint density at radius 3 is 1.33 bits per heavy atom. The summed E-state index contributed by atoms with van der Waals surface area (Å²) in [7, 11) is 0. The zero-order valence-corrected chi connectivity index (χ0v) is 25.9. The molecule has 0 saturated heterocycles. The fourth-order valence-corrected chi connectivity index (χ4v) is 6.69. The molecule has 0 fully saturated rings. The number of hydrogen-bond donors (Lipinski definition) is 3. The predicted molar refractivity (Wildman–Crippen MR) is 183 cm³/mol. The molecule has 1 aromatic carbocycles. The monoisotopic (exact) mass is 666 g/mol. The summed E-state index contributed by atoms with van der Waals surface area (Å²) >= 11 is 26.6. The van der Waals surface area contributed by atoms with E-state index in [-0.39, 0.29) is 20.6 Å². The van der Waals surface area contributed by atoms with Crippen molar-refractivity contribution in [2.75, 3.05) is 0 Å². The second-order valence-corrected chi connectivity index (χ2v) is 11.7. The highest BCUT2D eigenvalue weighted by Gasteiger charge is 2.21. The van der Waals surface area contributed by atoms with Gasteiger partial charge in [0.2, 0.25) is 0 Å². The van der Waals surface area contributed by atoms with Crippen LogP contribution in [0.25, 0.3) is 78.6 Å². The molecule has 6 aromatic heterocycles. The maximum absolute atomic E-state index is 6.66. The van der Waals surface area contributed by atoms with Gasteiger partial charge in [-0.1, -0.05) is 76.7 Å². The maximum atomic E-state index is 6.66. The molecule has 7 aromatic rings. The second-order valence-electron chi connectivity index (χ2n) is 10.2. The lowest BCUT2D eigenvalue weighted by molar-refractivity contribution is 1.17. The highest BCUT2D eigenvalue weighted by Crippen LogP contribution is 2.41. The molecule has 0 spiro atoms. The minimum Gasteiger partial charge on any atom is -0.354 e. The number of benzene rings is 1. The number of halogens is 4. The summed E-state index contributed by atoms with van der Waals surface area (Å²) in [5.41, 5.74) is 10.3. The maximum Gasteiger partial charge on any atom is 0.141 e. The van der Waals surface area contributed by atoms with Crippen LogP contribution in [0.4, 0.5) is 0 Å². The van der Waals surface area contributed by atoms with Crippen LogP contribution in [0.3, 0.4) is 0 Å². The summed E-state index contributed by atoms with van der Waals surface area (Å²) < 4.78 is 0. The fourth-order valence-electron chi connectivity index (χ4n) is 5.69. The van der Waals surface area contributed by atoms with Crippen molar-refractivity contribution in [3.63, 3.8) is 0 Å². The van der Waals surface area contributed by atoms with Crippen molar-refractivity contribution in [3.8, 4) is 33.4 Å².